The molecule has 1 rings (SSSR count). The minimum atomic E-state index is -0.0870. The van der Waals surface area contributed by atoms with Crippen LogP contribution in [0.2, 0.25) is 0 Å². The van der Waals surface area contributed by atoms with Gasteiger partial charge in [0.25, 0.3) is 5.56 Å². The fourth-order valence-corrected chi connectivity index (χ4v) is 1.59. The highest BCUT2D eigenvalue weighted by Crippen LogP contribution is 2.07. The standard InChI is InChI=1S/C12H20N4O/c1-3-15(4-2)11-9-12(17)16(14-10-11)8-6-5-7-13/h5-6,9-10H,3-4,7-8,13H2,1-2H3/b6-5+. The second-order valence-corrected chi connectivity index (χ2v) is 3.61. The van der Waals surface area contributed by atoms with Gasteiger partial charge in [0.2, 0.25) is 0 Å². The van der Waals surface area contributed by atoms with Gasteiger partial charge < -0.3 is 10.6 Å². The first-order valence-corrected chi connectivity index (χ1v) is 5.90. The number of nitrogens with two attached hydrogens (primary N) is 1. The predicted octanol–water partition coefficient (Wildman–Crippen LogP) is 0.604. The molecule has 0 aliphatic rings. The number of nitrogens with zero attached hydrogens (tertiary/aromatic N) is 3. The van der Waals surface area contributed by atoms with E-state index in [0.29, 0.717) is 13.1 Å². The molecule has 0 aliphatic carbocycles. The summed E-state index contributed by atoms with van der Waals surface area (Å²) >= 11 is 0. The largest absolute Gasteiger partial charge is 0.371 e. The highest BCUT2D eigenvalue weighted by atomic mass is 16.1. The Morgan fingerprint density at radius 3 is 2.65 bits per heavy atom. The average Bonchev–Trinajstić information content (AvgIpc) is 2.33. The van der Waals surface area contributed by atoms with Crippen LogP contribution < -0.4 is 16.2 Å². The molecule has 0 amide bonds. The molecule has 0 spiro atoms. The van der Waals surface area contributed by atoms with Crippen molar-refractivity contribution >= 4 is 5.69 Å². The molecule has 0 saturated carbocycles. The molecule has 5 nitrogen and oxygen atoms in total. The number of allylic oxidation sites excluding steroid dienone is 1. The number of hydrogen-bond donors (Lipinski definition) is 1. The van der Waals surface area contributed by atoms with Gasteiger partial charge in [-0.15, -0.1) is 0 Å². The molecule has 1 aromatic heterocycles. The van der Waals surface area contributed by atoms with Crippen LogP contribution in [0.4, 0.5) is 5.69 Å². The van der Waals surface area contributed by atoms with Gasteiger partial charge in [0, 0.05) is 25.7 Å². The molecule has 1 heterocycles. The lowest BCUT2D eigenvalue weighted by Gasteiger charge is -2.20. The van der Waals surface area contributed by atoms with Crippen LogP contribution in [-0.4, -0.2) is 29.4 Å². The highest BCUT2D eigenvalue weighted by Gasteiger charge is 2.04. The van der Waals surface area contributed by atoms with Crippen LogP contribution in [0.3, 0.4) is 0 Å². The van der Waals surface area contributed by atoms with Crippen molar-refractivity contribution in [1.29, 1.82) is 0 Å². The summed E-state index contributed by atoms with van der Waals surface area (Å²) in [6.07, 6.45) is 5.38. The molecule has 1 aromatic rings. The second-order valence-electron chi connectivity index (χ2n) is 3.61. The van der Waals surface area contributed by atoms with Gasteiger partial charge in [-0.2, -0.15) is 5.10 Å². The summed E-state index contributed by atoms with van der Waals surface area (Å²) in [5.74, 6) is 0. The van der Waals surface area contributed by atoms with Crippen molar-refractivity contribution in [3.05, 3.63) is 34.8 Å². The minimum Gasteiger partial charge on any atom is -0.371 e. The molecule has 94 valence electrons. The van der Waals surface area contributed by atoms with E-state index in [-0.39, 0.29) is 5.56 Å². The van der Waals surface area contributed by atoms with Crippen LogP contribution in [0.1, 0.15) is 13.8 Å². The van der Waals surface area contributed by atoms with Gasteiger partial charge in [-0.05, 0) is 13.8 Å². The zero-order valence-corrected chi connectivity index (χ0v) is 10.5. The SMILES string of the molecule is CCN(CC)c1cnn(C/C=C/CN)c(=O)c1. The first-order valence-electron chi connectivity index (χ1n) is 5.90. The van der Waals surface area contributed by atoms with Crippen molar-refractivity contribution in [3.63, 3.8) is 0 Å². The van der Waals surface area contributed by atoms with Crippen LogP contribution >= 0.6 is 0 Å². The lowest BCUT2D eigenvalue weighted by Crippen LogP contribution is -2.27. The molecule has 0 aliphatic heterocycles. The summed E-state index contributed by atoms with van der Waals surface area (Å²) in [6.45, 7) is 6.79. The summed E-state index contributed by atoms with van der Waals surface area (Å²) < 4.78 is 1.42. The summed E-state index contributed by atoms with van der Waals surface area (Å²) in [5.41, 5.74) is 6.12. The van der Waals surface area contributed by atoms with Gasteiger partial charge >= 0.3 is 0 Å². The molecular weight excluding hydrogens is 216 g/mol. The van der Waals surface area contributed by atoms with Gasteiger partial charge in [0.1, 0.15) is 0 Å². The smallest absolute Gasteiger partial charge is 0.269 e. The first-order chi connectivity index (χ1) is 8.22. The molecule has 5 heteroatoms. The van der Waals surface area contributed by atoms with E-state index in [9.17, 15) is 4.79 Å². The van der Waals surface area contributed by atoms with E-state index >= 15 is 0 Å². The Bertz CT molecular complexity index is 421. The molecule has 2 N–H and O–H groups in total. The third kappa shape index (κ3) is 3.71. The van der Waals surface area contributed by atoms with Crippen molar-refractivity contribution < 1.29 is 0 Å². The zero-order valence-electron chi connectivity index (χ0n) is 10.5. The lowest BCUT2D eigenvalue weighted by atomic mass is 10.4. The van der Waals surface area contributed by atoms with Crippen molar-refractivity contribution in [2.75, 3.05) is 24.5 Å². The van der Waals surface area contributed by atoms with Crippen molar-refractivity contribution in [2.45, 2.75) is 20.4 Å². The lowest BCUT2D eigenvalue weighted by molar-refractivity contribution is 0.647. The third-order valence-electron chi connectivity index (χ3n) is 2.56. The van der Waals surface area contributed by atoms with Gasteiger partial charge in [0.15, 0.2) is 0 Å². The number of anilines is 1. The van der Waals surface area contributed by atoms with E-state index in [1.165, 1.54) is 4.68 Å². The van der Waals surface area contributed by atoms with Crippen LogP contribution in [0, 0.1) is 0 Å². The minimum absolute atomic E-state index is 0.0870. The monoisotopic (exact) mass is 236 g/mol. The van der Waals surface area contributed by atoms with E-state index in [1.807, 2.05) is 12.2 Å². The zero-order chi connectivity index (χ0) is 12.7. The molecule has 0 aromatic carbocycles. The average molecular weight is 236 g/mol. The Labute approximate surface area is 102 Å². The predicted molar refractivity (Wildman–Crippen MR) is 70.3 cm³/mol. The molecule has 0 saturated heterocycles. The second kappa shape index (κ2) is 6.85. The summed E-state index contributed by atoms with van der Waals surface area (Å²) in [7, 11) is 0. The molecule has 0 fully saturated rings. The maximum Gasteiger partial charge on any atom is 0.269 e. The summed E-state index contributed by atoms with van der Waals surface area (Å²) in [4.78, 5) is 13.9. The quantitative estimate of drug-likeness (QED) is 0.735. The Morgan fingerprint density at radius 1 is 1.41 bits per heavy atom. The van der Waals surface area contributed by atoms with Crippen molar-refractivity contribution in [1.82, 2.24) is 9.78 Å². The Morgan fingerprint density at radius 2 is 2.12 bits per heavy atom. The van der Waals surface area contributed by atoms with Crippen LogP contribution in [0.15, 0.2) is 29.2 Å². The first kappa shape index (κ1) is 13.4. The fourth-order valence-electron chi connectivity index (χ4n) is 1.59. The number of rotatable bonds is 6. The summed E-state index contributed by atoms with van der Waals surface area (Å²) in [5, 5.41) is 4.14. The maximum absolute atomic E-state index is 11.8. The van der Waals surface area contributed by atoms with Crippen molar-refractivity contribution in [3.8, 4) is 0 Å². The number of hydrogen-bond acceptors (Lipinski definition) is 4. The molecule has 17 heavy (non-hydrogen) atoms. The molecule has 0 bridgehead atoms. The van der Waals surface area contributed by atoms with Crippen molar-refractivity contribution in [2.24, 2.45) is 5.73 Å². The van der Waals surface area contributed by atoms with E-state index in [0.717, 1.165) is 18.8 Å². The maximum atomic E-state index is 11.8. The Kier molecular flexibility index (Phi) is 5.42. The van der Waals surface area contributed by atoms with E-state index in [1.54, 1.807) is 12.3 Å². The molecule has 0 atom stereocenters. The Hall–Kier alpha value is -1.62. The number of aromatic nitrogens is 2. The van der Waals surface area contributed by atoms with E-state index in [2.05, 4.69) is 23.8 Å². The summed E-state index contributed by atoms with van der Waals surface area (Å²) in [6, 6.07) is 1.62. The van der Waals surface area contributed by atoms with Gasteiger partial charge in [-0.25, -0.2) is 4.68 Å². The van der Waals surface area contributed by atoms with Gasteiger partial charge in [0.05, 0.1) is 18.4 Å². The van der Waals surface area contributed by atoms with Gasteiger partial charge in [-0.1, -0.05) is 12.2 Å². The van der Waals surface area contributed by atoms with Crippen LogP contribution in [0.25, 0.3) is 0 Å². The Balaban J connectivity index is 2.86. The van der Waals surface area contributed by atoms with Crippen LogP contribution in [0.5, 0.6) is 0 Å². The topological polar surface area (TPSA) is 64.2 Å². The molecule has 0 radical (unpaired) electrons. The van der Waals surface area contributed by atoms with E-state index < -0.39 is 0 Å². The molecular formula is C12H20N4O. The van der Waals surface area contributed by atoms with Crippen LogP contribution in [-0.2, 0) is 6.54 Å². The normalized spacial score (nSPS) is 11.0. The fraction of sp³-hybridized carbons (Fsp3) is 0.500. The molecule has 0 unspecified atom stereocenters. The highest BCUT2D eigenvalue weighted by molar-refractivity contribution is 5.42. The van der Waals surface area contributed by atoms with Gasteiger partial charge in [-0.3, -0.25) is 4.79 Å². The van der Waals surface area contributed by atoms with E-state index in [4.69, 9.17) is 5.73 Å². The third-order valence-corrected chi connectivity index (χ3v) is 2.56.